The zero-order valence-electron chi connectivity index (χ0n) is 13.0. The van der Waals surface area contributed by atoms with E-state index in [0.717, 1.165) is 5.69 Å². The maximum atomic E-state index is 11.1. The van der Waals surface area contributed by atoms with Gasteiger partial charge in [-0.3, -0.25) is 4.79 Å². The molecule has 3 heteroatoms. The molecule has 0 spiro atoms. The van der Waals surface area contributed by atoms with Crippen LogP contribution in [0.1, 0.15) is 58.6 Å². The van der Waals surface area contributed by atoms with Gasteiger partial charge in [-0.1, -0.05) is 32.4 Å². The summed E-state index contributed by atoms with van der Waals surface area (Å²) in [6.45, 7) is 8.42. The quantitative estimate of drug-likeness (QED) is 0.875. The number of amides is 1. The number of hydrogen-bond acceptors (Lipinski definition) is 2. The molecule has 3 nitrogen and oxygen atoms in total. The van der Waals surface area contributed by atoms with Crippen molar-refractivity contribution in [3.05, 3.63) is 29.8 Å². The lowest BCUT2D eigenvalue weighted by molar-refractivity contribution is -0.114. The summed E-state index contributed by atoms with van der Waals surface area (Å²) >= 11 is 0. The van der Waals surface area contributed by atoms with Crippen molar-refractivity contribution in [2.75, 3.05) is 5.32 Å². The number of carbonyl (C=O) groups excluding carboxylic acids is 1. The molecule has 0 heterocycles. The van der Waals surface area contributed by atoms with Crippen LogP contribution in [0, 0.1) is 5.41 Å². The van der Waals surface area contributed by atoms with Crippen molar-refractivity contribution in [1.29, 1.82) is 0 Å². The summed E-state index contributed by atoms with van der Waals surface area (Å²) in [5.41, 5.74) is 2.47. The minimum atomic E-state index is -0.0281. The lowest BCUT2D eigenvalue weighted by Gasteiger charge is -2.31. The minimum Gasteiger partial charge on any atom is -0.326 e. The summed E-state index contributed by atoms with van der Waals surface area (Å²) in [4.78, 5) is 11.1. The van der Waals surface area contributed by atoms with Gasteiger partial charge in [-0.2, -0.15) is 0 Å². The third-order valence-electron chi connectivity index (χ3n) is 4.42. The Morgan fingerprint density at radius 1 is 1.40 bits per heavy atom. The van der Waals surface area contributed by atoms with Crippen LogP contribution in [0.25, 0.3) is 0 Å². The van der Waals surface area contributed by atoms with Gasteiger partial charge in [-0.25, -0.2) is 0 Å². The lowest BCUT2D eigenvalue weighted by atomic mass is 9.86. The Hall–Kier alpha value is -1.35. The molecule has 0 saturated heterocycles. The summed E-state index contributed by atoms with van der Waals surface area (Å²) in [5, 5.41) is 6.60. The van der Waals surface area contributed by atoms with Gasteiger partial charge in [0.25, 0.3) is 0 Å². The molecule has 1 aromatic rings. The van der Waals surface area contributed by atoms with Gasteiger partial charge in [-0.15, -0.1) is 0 Å². The second-order valence-corrected chi connectivity index (χ2v) is 6.63. The smallest absolute Gasteiger partial charge is 0.221 e. The molecule has 0 aromatic heterocycles. The molecule has 20 heavy (non-hydrogen) atoms. The van der Waals surface area contributed by atoms with Crippen molar-refractivity contribution in [2.24, 2.45) is 5.41 Å². The van der Waals surface area contributed by atoms with E-state index in [9.17, 15) is 4.79 Å². The number of rotatable bonds is 4. The van der Waals surface area contributed by atoms with Crippen molar-refractivity contribution in [1.82, 2.24) is 5.32 Å². The van der Waals surface area contributed by atoms with Crippen molar-refractivity contribution < 1.29 is 4.79 Å². The fourth-order valence-electron chi connectivity index (χ4n) is 3.12. The zero-order chi connectivity index (χ0) is 14.8. The van der Waals surface area contributed by atoms with E-state index in [1.54, 1.807) is 0 Å². The molecule has 0 aliphatic heterocycles. The van der Waals surface area contributed by atoms with Crippen LogP contribution in [0.4, 0.5) is 5.69 Å². The van der Waals surface area contributed by atoms with Crippen LogP contribution in [-0.4, -0.2) is 11.9 Å². The monoisotopic (exact) mass is 274 g/mol. The Labute approximate surface area is 122 Å². The van der Waals surface area contributed by atoms with Crippen molar-refractivity contribution in [3.63, 3.8) is 0 Å². The van der Waals surface area contributed by atoms with Crippen molar-refractivity contribution in [3.8, 4) is 0 Å². The third kappa shape index (κ3) is 3.60. The van der Waals surface area contributed by atoms with Crippen LogP contribution in [0.3, 0.4) is 0 Å². The molecule has 1 aliphatic rings. The molecule has 1 saturated carbocycles. The van der Waals surface area contributed by atoms with Gasteiger partial charge < -0.3 is 10.6 Å². The average Bonchev–Trinajstić information content (AvgIpc) is 2.68. The van der Waals surface area contributed by atoms with E-state index in [2.05, 4.69) is 43.5 Å². The fraction of sp³-hybridized carbons (Fsp3) is 0.588. The molecule has 0 radical (unpaired) electrons. The highest BCUT2D eigenvalue weighted by molar-refractivity contribution is 5.88. The first-order chi connectivity index (χ1) is 9.38. The fourth-order valence-corrected chi connectivity index (χ4v) is 3.12. The van der Waals surface area contributed by atoms with Crippen LogP contribution < -0.4 is 10.6 Å². The van der Waals surface area contributed by atoms with Gasteiger partial charge in [-0.05, 0) is 42.9 Å². The predicted molar refractivity (Wildman–Crippen MR) is 83.7 cm³/mol. The number of anilines is 1. The van der Waals surface area contributed by atoms with Crippen LogP contribution >= 0.6 is 0 Å². The second-order valence-electron chi connectivity index (χ2n) is 6.63. The van der Waals surface area contributed by atoms with Gasteiger partial charge in [0.1, 0.15) is 0 Å². The molecule has 2 N–H and O–H groups in total. The Kier molecular flexibility index (Phi) is 4.48. The molecule has 1 aliphatic carbocycles. The molecule has 2 unspecified atom stereocenters. The molecular formula is C17H26N2O. The molecule has 0 bridgehead atoms. The Bertz CT molecular complexity index is 482. The van der Waals surface area contributed by atoms with E-state index >= 15 is 0 Å². The van der Waals surface area contributed by atoms with E-state index in [4.69, 9.17) is 0 Å². The molecule has 110 valence electrons. The Morgan fingerprint density at radius 2 is 2.15 bits per heavy atom. The molecule has 2 atom stereocenters. The van der Waals surface area contributed by atoms with E-state index in [-0.39, 0.29) is 5.91 Å². The number of benzene rings is 1. The maximum absolute atomic E-state index is 11.1. The van der Waals surface area contributed by atoms with Crippen LogP contribution in [-0.2, 0) is 4.79 Å². The summed E-state index contributed by atoms with van der Waals surface area (Å²) < 4.78 is 0. The topological polar surface area (TPSA) is 41.1 Å². The summed E-state index contributed by atoms with van der Waals surface area (Å²) in [7, 11) is 0. The van der Waals surface area contributed by atoms with Crippen molar-refractivity contribution in [2.45, 2.75) is 59.0 Å². The Balaban J connectivity index is 2.05. The first-order valence-electron chi connectivity index (χ1n) is 7.52. The van der Waals surface area contributed by atoms with Gasteiger partial charge in [0.15, 0.2) is 0 Å². The normalized spacial score (nSPS) is 22.5. The second kappa shape index (κ2) is 5.96. The summed E-state index contributed by atoms with van der Waals surface area (Å²) in [6.07, 6.45) is 3.86. The van der Waals surface area contributed by atoms with Crippen molar-refractivity contribution >= 4 is 11.6 Å². The molecule has 1 amide bonds. The number of carbonyl (C=O) groups is 1. The SMILES string of the molecule is CC(=O)Nc1cccc(C(C)NC2CCCC2(C)C)c1. The zero-order valence-corrected chi connectivity index (χ0v) is 13.0. The van der Waals surface area contributed by atoms with Crippen LogP contribution in [0.5, 0.6) is 0 Å². The number of nitrogens with one attached hydrogen (secondary N) is 2. The largest absolute Gasteiger partial charge is 0.326 e. The predicted octanol–water partition coefficient (Wildman–Crippen LogP) is 3.87. The molecule has 1 aromatic carbocycles. The highest BCUT2D eigenvalue weighted by Crippen LogP contribution is 2.38. The van der Waals surface area contributed by atoms with Gasteiger partial charge >= 0.3 is 0 Å². The minimum absolute atomic E-state index is 0.0281. The first kappa shape index (κ1) is 15.0. The highest BCUT2D eigenvalue weighted by Gasteiger charge is 2.34. The lowest BCUT2D eigenvalue weighted by Crippen LogP contribution is -2.39. The number of hydrogen-bond donors (Lipinski definition) is 2. The molecule has 1 fully saturated rings. The van der Waals surface area contributed by atoms with Gasteiger partial charge in [0, 0.05) is 24.7 Å². The summed E-state index contributed by atoms with van der Waals surface area (Å²) in [6, 6.07) is 8.97. The van der Waals surface area contributed by atoms with Gasteiger partial charge in [0.2, 0.25) is 5.91 Å². The molecular weight excluding hydrogens is 248 g/mol. The summed E-state index contributed by atoms with van der Waals surface area (Å²) in [5.74, 6) is -0.0281. The van der Waals surface area contributed by atoms with E-state index in [0.29, 0.717) is 17.5 Å². The highest BCUT2D eigenvalue weighted by atomic mass is 16.1. The van der Waals surface area contributed by atoms with E-state index < -0.39 is 0 Å². The third-order valence-corrected chi connectivity index (χ3v) is 4.42. The van der Waals surface area contributed by atoms with Gasteiger partial charge in [0.05, 0.1) is 0 Å². The van der Waals surface area contributed by atoms with Crippen LogP contribution in [0.15, 0.2) is 24.3 Å². The van der Waals surface area contributed by atoms with E-state index in [1.165, 1.54) is 31.7 Å². The van der Waals surface area contributed by atoms with Crippen LogP contribution in [0.2, 0.25) is 0 Å². The standard InChI is InChI=1S/C17H26N2O/c1-12(18-16-9-6-10-17(16,3)4)14-7-5-8-15(11-14)19-13(2)20/h5,7-8,11-12,16,18H,6,9-10H2,1-4H3,(H,19,20). The first-order valence-corrected chi connectivity index (χ1v) is 7.52. The average molecular weight is 274 g/mol. The van der Waals surface area contributed by atoms with E-state index in [1.807, 2.05) is 12.1 Å². The molecule has 2 rings (SSSR count). The Morgan fingerprint density at radius 3 is 2.75 bits per heavy atom. The maximum Gasteiger partial charge on any atom is 0.221 e.